The Kier molecular flexibility index (Phi) is 8.13. The van der Waals surface area contributed by atoms with E-state index < -0.39 is 34.2 Å². The van der Waals surface area contributed by atoms with Crippen LogP contribution in [0.15, 0.2) is 64.6 Å². The van der Waals surface area contributed by atoms with E-state index in [1.165, 1.54) is 0 Å². The van der Waals surface area contributed by atoms with Gasteiger partial charge >= 0.3 is 6.18 Å². The van der Waals surface area contributed by atoms with E-state index in [1.54, 1.807) is 18.7 Å². The number of fused-ring (bicyclic) bond motifs is 4. The second-order valence-electron chi connectivity index (χ2n) is 16.5. The predicted molar refractivity (Wildman–Crippen MR) is 179 cm³/mol. The minimum Gasteiger partial charge on any atom is -0.386 e. The minimum atomic E-state index is -5.22. The van der Waals surface area contributed by atoms with Gasteiger partial charge in [-0.05, 0) is 97.9 Å². The summed E-state index contributed by atoms with van der Waals surface area (Å²) in [6, 6.07) is 16.4. The van der Waals surface area contributed by atoms with Crippen molar-refractivity contribution < 1.29 is 37.2 Å². The van der Waals surface area contributed by atoms with Crippen LogP contribution in [0.4, 0.5) is 17.6 Å². The monoisotopic (exact) mass is 688 g/mol. The zero-order valence-corrected chi connectivity index (χ0v) is 29.4. The van der Waals surface area contributed by atoms with Crippen molar-refractivity contribution in [1.29, 1.82) is 0 Å². The molecule has 2 aromatic rings. The van der Waals surface area contributed by atoms with E-state index in [2.05, 4.69) is 38.1 Å². The summed E-state index contributed by atoms with van der Waals surface area (Å²) >= 11 is 1.67. The van der Waals surface area contributed by atoms with Crippen molar-refractivity contribution in [3.05, 3.63) is 65.2 Å². The van der Waals surface area contributed by atoms with Gasteiger partial charge in [0, 0.05) is 34.5 Å². The van der Waals surface area contributed by atoms with Crippen molar-refractivity contribution in [2.24, 2.45) is 22.7 Å². The molecule has 0 aromatic heterocycles. The molecular formula is C39H48F4O4S. The minimum absolute atomic E-state index is 0.118. The highest BCUT2D eigenvalue weighted by molar-refractivity contribution is 7.98. The Labute approximate surface area is 285 Å². The number of rotatable bonds is 4. The number of alkyl halides is 4. The molecular weight excluding hydrogens is 640 g/mol. The third-order valence-corrected chi connectivity index (χ3v) is 13.8. The maximum absolute atomic E-state index is 16.1. The summed E-state index contributed by atoms with van der Waals surface area (Å²) in [6.45, 7) is 7.46. The first kappa shape index (κ1) is 34.5. The smallest absolute Gasteiger partial charge is 0.386 e. The van der Waals surface area contributed by atoms with Gasteiger partial charge in [0.05, 0.1) is 18.8 Å². The standard InChI is InChI=1S/C39H48F4O4S/c1-33(2)22-46-37(47-23-33)18-15-31-32-28(14-17-36(31,44)21-37)30-16-19-38(45,35(4,40)39(41,42)43)34(30,3)20-29(32)26-8-6-24(7-9-26)25-10-12-27(48-5)13-11-25/h6-13,28-30,44-45H,14-23H2,1-5H3/t28?,29-,30?,34+,35-,36-,38+/m1/s1. The van der Waals surface area contributed by atoms with Crippen LogP contribution in [0.5, 0.6) is 0 Å². The highest BCUT2D eigenvalue weighted by atomic mass is 32.2. The topological polar surface area (TPSA) is 58.9 Å². The van der Waals surface area contributed by atoms with E-state index in [9.17, 15) is 23.4 Å². The van der Waals surface area contributed by atoms with Gasteiger partial charge < -0.3 is 19.7 Å². The molecule has 0 bridgehead atoms. The number of allylic oxidation sites excluding steroid dienone is 1. The molecule has 1 aliphatic heterocycles. The lowest BCUT2D eigenvalue weighted by atomic mass is 9.48. The fourth-order valence-electron chi connectivity index (χ4n) is 10.3. The predicted octanol–water partition coefficient (Wildman–Crippen LogP) is 9.39. The molecule has 1 spiro atoms. The molecule has 2 unspecified atom stereocenters. The molecule has 4 aliphatic carbocycles. The second kappa shape index (κ2) is 11.3. The van der Waals surface area contributed by atoms with Crippen LogP contribution in [0.1, 0.15) is 90.5 Å². The Balaban J connectivity index is 1.32. The SMILES string of the molecule is CSc1ccc(-c2ccc([C@H]3C[C@@]4(C)C(CC[C@@]4(O)[C@@](C)(F)C(F)(F)F)C4CC[C@@]5(O)CC6(CCC5=C43)OCC(C)(C)CO6)cc2)cc1. The molecule has 1 saturated heterocycles. The van der Waals surface area contributed by atoms with E-state index in [4.69, 9.17) is 9.47 Å². The Hall–Kier alpha value is -1.91. The van der Waals surface area contributed by atoms with E-state index in [0.29, 0.717) is 58.7 Å². The third kappa shape index (κ3) is 5.15. The van der Waals surface area contributed by atoms with Crippen LogP contribution in [0.3, 0.4) is 0 Å². The van der Waals surface area contributed by atoms with Crippen molar-refractivity contribution in [3.8, 4) is 11.1 Å². The van der Waals surface area contributed by atoms with E-state index in [0.717, 1.165) is 32.7 Å². The van der Waals surface area contributed by atoms with Gasteiger partial charge in [-0.3, -0.25) is 0 Å². The normalized spacial score (nSPS) is 37.0. The maximum atomic E-state index is 16.1. The first-order chi connectivity index (χ1) is 22.4. The molecule has 9 heteroatoms. The summed E-state index contributed by atoms with van der Waals surface area (Å²) in [5.74, 6) is -1.79. The Morgan fingerprint density at radius 3 is 2.02 bits per heavy atom. The van der Waals surface area contributed by atoms with Crippen molar-refractivity contribution in [2.75, 3.05) is 19.5 Å². The first-order valence-electron chi connectivity index (χ1n) is 17.3. The van der Waals surface area contributed by atoms with Gasteiger partial charge in [-0.25, -0.2) is 4.39 Å². The van der Waals surface area contributed by atoms with Crippen LogP contribution in [0.2, 0.25) is 0 Å². The zero-order valence-electron chi connectivity index (χ0n) is 28.6. The molecule has 0 radical (unpaired) electrons. The van der Waals surface area contributed by atoms with Crippen LogP contribution >= 0.6 is 11.8 Å². The fraction of sp³-hybridized carbons (Fsp3) is 0.641. The van der Waals surface area contributed by atoms with Gasteiger partial charge in [0.2, 0.25) is 5.67 Å². The summed E-state index contributed by atoms with van der Waals surface area (Å²) in [7, 11) is 0. The molecule has 7 atom stereocenters. The average Bonchev–Trinajstić information content (AvgIpc) is 3.32. The number of thioether (sulfide) groups is 1. The van der Waals surface area contributed by atoms with Crippen LogP contribution in [-0.4, -0.2) is 58.5 Å². The van der Waals surface area contributed by atoms with Crippen LogP contribution in [-0.2, 0) is 9.47 Å². The lowest BCUT2D eigenvalue weighted by molar-refractivity contribution is -0.323. The highest BCUT2D eigenvalue weighted by Crippen LogP contribution is 2.71. The van der Waals surface area contributed by atoms with E-state index in [1.807, 2.05) is 30.5 Å². The molecule has 4 nitrogen and oxygen atoms in total. The molecule has 2 aromatic carbocycles. The van der Waals surface area contributed by atoms with Crippen molar-refractivity contribution in [2.45, 2.75) is 119 Å². The zero-order chi connectivity index (χ0) is 34.5. The summed E-state index contributed by atoms with van der Waals surface area (Å²) < 4.78 is 71.8. The van der Waals surface area contributed by atoms with Gasteiger partial charge in [0.15, 0.2) is 5.79 Å². The molecule has 5 aliphatic rings. The molecule has 3 saturated carbocycles. The first-order valence-corrected chi connectivity index (χ1v) is 18.6. The Bertz CT molecular complexity index is 1570. The number of aliphatic hydroxyl groups is 2. The lowest BCUT2D eigenvalue weighted by Crippen LogP contribution is -2.66. The van der Waals surface area contributed by atoms with Gasteiger partial charge in [-0.15, -0.1) is 11.8 Å². The van der Waals surface area contributed by atoms with Gasteiger partial charge in [0.1, 0.15) is 5.60 Å². The second-order valence-corrected chi connectivity index (χ2v) is 17.4. The van der Waals surface area contributed by atoms with Gasteiger partial charge in [-0.2, -0.15) is 13.2 Å². The summed E-state index contributed by atoms with van der Waals surface area (Å²) in [5.41, 5.74) is -4.00. The number of benzene rings is 2. The maximum Gasteiger partial charge on any atom is 0.425 e. The fourth-order valence-corrected chi connectivity index (χ4v) is 10.7. The van der Waals surface area contributed by atoms with E-state index >= 15 is 4.39 Å². The van der Waals surface area contributed by atoms with E-state index in [-0.39, 0.29) is 36.0 Å². The van der Waals surface area contributed by atoms with Crippen LogP contribution in [0.25, 0.3) is 11.1 Å². The van der Waals surface area contributed by atoms with Crippen LogP contribution < -0.4 is 0 Å². The van der Waals surface area contributed by atoms with Crippen LogP contribution in [0, 0.1) is 22.7 Å². The molecule has 7 rings (SSSR count). The molecule has 2 N–H and O–H groups in total. The average molecular weight is 689 g/mol. The number of halogens is 4. The summed E-state index contributed by atoms with van der Waals surface area (Å²) in [5, 5.41) is 24.4. The highest BCUT2D eigenvalue weighted by Gasteiger charge is 2.76. The number of ether oxygens (including phenoxy) is 2. The number of hydrogen-bond donors (Lipinski definition) is 2. The largest absolute Gasteiger partial charge is 0.425 e. The van der Waals surface area contributed by atoms with Gasteiger partial charge in [0.25, 0.3) is 0 Å². The van der Waals surface area contributed by atoms with Crippen molar-refractivity contribution in [3.63, 3.8) is 0 Å². The summed E-state index contributed by atoms with van der Waals surface area (Å²) in [4.78, 5) is 1.16. The molecule has 0 amide bonds. The Morgan fingerprint density at radius 2 is 1.44 bits per heavy atom. The quantitative estimate of drug-likeness (QED) is 0.191. The third-order valence-electron chi connectivity index (χ3n) is 13.1. The van der Waals surface area contributed by atoms with Crippen molar-refractivity contribution in [1.82, 2.24) is 0 Å². The van der Waals surface area contributed by atoms with Gasteiger partial charge in [-0.1, -0.05) is 62.7 Å². The number of hydrogen-bond acceptors (Lipinski definition) is 5. The molecule has 48 heavy (non-hydrogen) atoms. The van der Waals surface area contributed by atoms with Crippen molar-refractivity contribution >= 4 is 11.8 Å². The molecule has 4 fully saturated rings. The molecule has 262 valence electrons. The summed E-state index contributed by atoms with van der Waals surface area (Å²) in [6.07, 6.45) is -0.601. The lowest BCUT2D eigenvalue weighted by Gasteiger charge is -2.59. The molecule has 1 heterocycles. The Morgan fingerprint density at radius 1 is 0.833 bits per heavy atom.